The molecule has 1 aromatic carbocycles. The molecule has 23 heavy (non-hydrogen) atoms. The summed E-state index contributed by atoms with van der Waals surface area (Å²) in [7, 11) is 0. The second-order valence-corrected chi connectivity index (χ2v) is 7.50. The predicted octanol–water partition coefficient (Wildman–Crippen LogP) is 3.32. The SMILES string of the molecule is CC1=CC(C)(C)N(C(C(=O)NN)C(C)C)c2cc(C)c(C)cc21. The zero-order valence-electron chi connectivity index (χ0n) is 15.3. The van der Waals surface area contributed by atoms with Crippen molar-refractivity contribution < 1.29 is 4.79 Å². The zero-order valence-corrected chi connectivity index (χ0v) is 15.3. The van der Waals surface area contributed by atoms with Gasteiger partial charge in [-0.3, -0.25) is 10.2 Å². The number of carbonyl (C=O) groups excluding carboxylic acids is 1. The van der Waals surface area contributed by atoms with Crippen molar-refractivity contribution in [2.75, 3.05) is 4.90 Å². The third kappa shape index (κ3) is 3.00. The van der Waals surface area contributed by atoms with E-state index in [4.69, 9.17) is 5.84 Å². The van der Waals surface area contributed by atoms with Gasteiger partial charge in [-0.05, 0) is 69.4 Å². The molecule has 0 spiro atoms. The highest BCUT2D eigenvalue weighted by Gasteiger charge is 2.40. The van der Waals surface area contributed by atoms with E-state index >= 15 is 0 Å². The number of anilines is 1. The fourth-order valence-electron chi connectivity index (χ4n) is 3.62. The van der Waals surface area contributed by atoms with Crippen LogP contribution in [-0.4, -0.2) is 17.5 Å². The number of nitrogens with zero attached hydrogens (tertiary/aromatic N) is 1. The van der Waals surface area contributed by atoms with Crippen LogP contribution in [0.1, 0.15) is 51.3 Å². The second kappa shape index (κ2) is 6.00. The molecule has 1 amide bonds. The highest BCUT2D eigenvalue weighted by atomic mass is 16.2. The summed E-state index contributed by atoms with van der Waals surface area (Å²) in [5.74, 6) is 5.46. The molecule has 2 rings (SSSR count). The quantitative estimate of drug-likeness (QED) is 0.511. The smallest absolute Gasteiger partial charge is 0.256 e. The Morgan fingerprint density at radius 3 is 2.26 bits per heavy atom. The van der Waals surface area contributed by atoms with Gasteiger partial charge in [-0.1, -0.05) is 19.9 Å². The Labute approximate surface area is 139 Å². The van der Waals surface area contributed by atoms with Crippen LogP contribution in [0.2, 0.25) is 0 Å². The number of fused-ring (bicyclic) bond motifs is 1. The summed E-state index contributed by atoms with van der Waals surface area (Å²) in [5.41, 5.74) is 8.14. The van der Waals surface area contributed by atoms with Crippen molar-refractivity contribution in [2.45, 2.75) is 60.0 Å². The van der Waals surface area contributed by atoms with Crippen LogP contribution in [0.15, 0.2) is 18.2 Å². The molecule has 0 fully saturated rings. The zero-order chi connectivity index (χ0) is 17.5. The van der Waals surface area contributed by atoms with Crippen molar-refractivity contribution in [3.05, 3.63) is 34.9 Å². The fourth-order valence-corrected chi connectivity index (χ4v) is 3.62. The Kier molecular flexibility index (Phi) is 4.58. The highest BCUT2D eigenvalue weighted by molar-refractivity contribution is 5.90. The first-order chi connectivity index (χ1) is 10.6. The van der Waals surface area contributed by atoms with Crippen LogP contribution in [0.5, 0.6) is 0 Å². The number of rotatable bonds is 3. The van der Waals surface area contributed by atoms with Gasteiger partial charge in [0.1, 0.15) is 6.04 Å². The number of hydrogen-bond acceptors (Lipinski definition) is 3. The van der Waals surface area contributed by atoms with Crippen molar-refractivity contribution in [3.63, 3.8) is 0 Å². The summed E-state index contributed by atoms with van der Waals surface area (Å²) < 4.78 is 0. The monoisotopic (exact) mass is 315 g/mol. The van der Waals surface area contributed by atoms with Crippen LogP contribution in [-0.2, 0) is 4.79 Å². The summed E-state index contributed by atoms with van der Waals surface area (Å²) in [5, 5.41) is 0. The summed E-state index contributed by atoms with van der Waals surface area (Å²) in [6, 6.07) is 4.10. The Morgan fingerprint density at radius 1 is 1.17 bits per heavy atom. The molecule has 1 atom stereocenters. The first-order valence-electron chi connectivity index (χ1n) is 8.21. The van der Waals surface area contributed by atoms with E-state index in [2.05, 4.69) is 77.0 Å². The molecule has 0 aliphatic carbocycles. The van der Waals surface area contributed by atoms with Gasteiger partial charge in [0.25, 0.3) is 5.91 Å². The molecular weight excluding hydrogens is 286 g/mol. The molecule has 0 saturated heterocycles. The highest BCUT2D eigenvalue weighted by Crippen LogP contribution is 2.42. The molecule has 1 unspecified atom stereocenters. The first-order valence-corrected chi connectivity index (χ1v) is 8.21. The molecule has 0 saturated carbocycles. The first kappa shape index (κ1) is 17.5. The minimum Gasteiger partial charge on any atom is -0.350 e. The van der Waals surface area contributed by atoms with E-state index in [0.29, 0.717) is 0 Å². The Hall–Kier alpha value is -1.81. The maximum absolute atomic E-state index is 12.5. The molecule has 0 aromatic heterocycles. The van der Waals surface area contributed by atoms with Crippen LogP contribution < -0.4 is 16.2 Å². The van der Waals surface area contributed by atoms with E-state index < -0.39 is 0 Å². The molecule has 1 aliphatic heterocycles. The Balaban J connectivity index is 2.72. The molecule has 4 heteroatoms. The van der Waals surface area contributed by atoms with Crippen molar-refractivity contribution in [1.82, 2.24) is 5.43 Å². The summed E-state index contributed by atoms with van der Waals surface area (Å²) in [4.78, 5) is 14.7. The number of allylic oxidation sites excluding steroid dienone is 1. The maximum atomic E-state index is 12.5. The lowest BCUT2D eigenvalue weighted by molar-refractivity contribution is -0.123. The van der Waals surface area contributed by atoms with Crippen molar-refractivity contribution in [3.8, 4) is 0 Å². The number of amides is 1. The minimum absolute atomic E-state index is 0.138. The van der Waals surface area contributed by atoms with Gasteiger partial charge in [0.15, 0.2) is 0 Å². The summed E-state index contributed by atoms with van der Waals surface area (Å²) in [6.07, 6.45) is 2.24. The second-order valence-electron chi connectivity index (χ2n) is 7.50. The topological polar surface area (TPSA) is 58.4 Å². The number of benzene rings is 1. The van der Waals surface area contributed by atoms with E-state index in [1.54, 1.807) is 0 Å². The average molecular weight is 315 g/mol. The Bertz CT molecular complexity index is 659. The van der Waals surface area contributed by atoms with Crippen molar-refractivity contribution >= 4 is 17.2 Å². The third-order valence-electron chi connectivity index (χ3n) is 4.81. The molecule has 3 N–H and O–H groups in total. The van der Waals surface area contributed by atoms with Gasteiger partial charge in [0.2, 0.25) is 0 Å². The molecule has 0 radical (unpaired) electrons. The minimum atomic E-state index is -0.319. The Morgan fingerprint density at radius 2 is 1.74 bits per heavy atom. The fraction of sp³-hybridized carbons (Fsp3) is 0.526. The normalized spacial score (nSPS) is 17.6. The molecule has 1 aliphatic rings. The number of carbonyl (C=O) groups is 1. The molecule has 1 aromatic rings. The number of aryl methyl sites for hydroxylation is 2. The average Bonchev–Trinajstić information content (AvgIpc) is 2.44. The van der Waals surface area contributed by atoms with Gasteiger partial charge in [-0.2, -0.15) is 0 Å². The van der Waals surface area contributed by atoms with Crippen LogP contribution >= 0.6 is 0 Å². The van der Waals surface area contributed by atoms with Gasteiger partial charge >= 0.3 is 0 Å². The van der Waals surface area contributed by atoms with E-state index in [0.717, 1.165) is 5.69 Å². The lowest BCUT2D eigenvalue weighted by atomic mass is 9.84. The maximum Gasteiger partial charge on any atom is 0.256 e. The van der Waals surface area contributed by atoms with Crippen LogP contribution in [0.4, 0.5) is 5.69 Å². The van der Waals surface area contributed by atoms with E-state index in [1.165, 1.54) is 22.3 Å². The van der Waals surface area contributed by atoms with Gasteiger partial charge < -0.3 is 4.90 Å². The summed E-state index contributed by atoms with van der Waals surface area (Å²) in [6.45, 7) is 14.8. The number of nitrogens with one attached hydrogen (secondary N) is 1. The van der Waals surface area contributed by atoms with Crippen molar-refractivity contribution in [1.29, 1.82) is 0 Å². The van der Waals surface area contributed by atoms with Crippen molar-refractivity contribution in [2.24, 2.45) is 11.8 Å². The number of nitrogens with two attached hydrogens (primary N) is 1. The van der Waals surface area contributed by atoms with Crippen LogP contribution in [0, 0.1) is 19.8 Å². The molecule has 126 valence electrons. The molecule has 1 heterocycles. The van der Waals surface area contributed by atoms with E-state index in [1.807, 2.05) is 0 Å². The lowest BCUT2D eigenvalue weighted by Crippen LogP contribution is -2.59. The van der Waals surface area contributed by atoms with Gasteiger partial charge in [0.05, 0.1) is 5.54 Å². The van der Waals surface area contributed by atoms with Crippen LogP contribution in [0.25, 0.3) is 5.57 Å². The molecular formula is C19H29N3O. The third-order valence-corrected chi connectivity index (χ3v) is 4.81. The van der Waals surface area contributed by atoms with E-state index in [9.17, 15) is 4.79 Å². The van der Waals surface area contributed by atoms with Gasteiger partial charge in [-0.25, -0.2) is 5.84 Å². The lowest BCUT2D eigenvalue weighted by Gasteiger charge is -2.48. The largest absolute Gasteiger partial charge is 0.350 e. The standard InChI is InChI=1S/C19H29N3O/c1-11(2)17(18(23)21-20)22-16-9-13(4)12(3)8-15(16)14(5)10-19(22,6)7/h8-11,17H,20H2,1-7H3,(H,21,23). The van der Waals surface area contributed by atoms with E-state index in [-0.39, 0.29) is 23.4 Å². The number of hydrogen-bond donors (Lipinski definition) is 2. The molecule has 0 bridgehead atoms. The van der Waals surface area contributed by atoms with Gasteiger partial charge in [-0.15, -0.1) is 0 Å². The number of hydrazine groups is 1. The van der Waals surface area contributed by atoms with Gasteiger partial charge in [0, 0.05) is 11.3 Å². The predicted molar refractivity (Wildman–Crippen MR) is 97.1 cm³/mol. The summed E-state index contributed by atoms with van der Waals surface area (Å²) >= 11 is 0. The molecule has 4 nitrogen and oxygen atoms in total. The van der Waals surface area contributed by atoms with Crippen LogP contribution in [0.3, 0.4) is 0 Å².